The van der Waals surface area contributed by atoms with E-state index in [9.17, 15) is 14.4 Å². The first kappa shape index (κ1) is 67.8. The number of carbonyl (C=O) groups excluding carboxylic acids is 3. The molecule has 0 aromatic heterocycles. The number of carbonyl (C=O) groups is 3. The Bertz CT molecular complexity index is 1520. The molecule has 0 rings (SSSR count). The number of rotatable bonds is 52. The molecular formula is C66H108O6. The van der Waals surface area contributed by atoms with E-state index in [2.05, 4.69) is 142 Å². The summed E-state index contributed by atoms with van der Waals surface area (Å²) in [5.74, 6) is -0.961. The second-order valence-electron chi connectivity index (χ2n) is 19.1. The Morgan fingerprint density at radius 1 is 0.292 bits per heavy atom. The number of ether oxygens (including phenoxy) is 3. The van der Waals surface area contributed by atoms with Gasteiger partial charge in [0.25, 0.3) is 0 Å². The minimum absolute atomic E-state index is 0.102. The lowest BCUT2D eigenvalue weighted by atomic mass is 10.0. The maximum absolute atomic E-state index is 12.8. The molecule has 0 spiro atoms. The van der Waals surface area contributed by atoms with Crippen LogP contribution in [0.4, 0.5) is 0 Å². The van der Waals surface area contributed by atoms with Gasteiger partial charge in [0.1, 0.15) is 13.2 Å². The fourth-order valence-corrected chi connectivity index (χ4v) is 7.79. The highest BCUT2D eigenvalue weighted by Gasteiger charge is 2.19. The van der Waals surface area contributed by atoms with E-state index >= 15 is 0 Å². The molecule has 0 aliphatic rings. The van der Waals surface area contributed by atoms with Crippen LogP contribution in [0.2, 0.25) is 0 Å². The van der Waals surface area contributed by atoms with Crippen molar-refractivity contribution in [3.05, 3.63) is 122 Å². The predicted molar refractivity (Wildman–Crippen MR) is 311 cm³/mol. The highest BCUT2D eigenvalue weighted by Crippen LogP contribution is 2.15. The molecule has 6 heteroatoms. The largest absolute Gasteiger partial charge is 0.462 e. The van der Waals surface area contributed by atoms with Crippen molar-refractivity contribution in [1.29, 1.82) is 0 Å². The molecule has 0 fully saturated rings. The average molecular weight is 998 g/mol. The average Bonchev–Trinajstić information content (AvgIpc) is 3.38. The van der Waals surface area contributed by atoms with E-state index in [1.54, 1.807) is 0 Å². The Labute approximate surface area is 443 Å². The normalized spacial score (nSPS) is 13.0. The van der Waals surface area contributed by atoms with E-state index in [-0.39, 0.29) is 37.5 Å². The van der Waals surface area contributed by atoms with Gasteiger partial charge in [0.05, 0.1) is 0 Å². The molecule has 0 aromatic carbocycles. The second-order valence-corrected chi connectivity index (χ2v) is 19.1. The van der Waals surface area contributed by atoms with Gasteiger partial charge in [-0.25, -0.2) is 0 Å². The topological polar surface area (TPSA) is 78.9 Å². The summed E-state index contributed by atoms with van der Waals surface area (Å²) in [5, 5.41) is 0. The Hall–Kier alpha value is -4.19. The molecule has 0 heterocycles. The van der Waals surface area contributed by atoms with Crippen molar-refractivity contribution in [2.24, 2.45) is 0 Å². The molecule has 0 bridgehead atoms. The monoisotopic (exact) mass is 997 g/mol. The van der Waals surface area contributed by atoms with Crippen molar-refractivity contribution < 1.29 is 28.6 Å². The standard InChI is InChI=1S/C66H108O6/c1-4-7-10-13-16-19-22-25-28-29-30-31-32-33-34-35-36-37-39-41-44-47-50-53-56-59-65(68)71-62-63(61-70-64(67)58-55-52-49-46-43-40-27-24-21-18-15-12-9-6-3)72-66(69)60-57-54-51-48-45-42-38-26-23-20-17-14-11-8-5-2/h7-8,10-11,15-20,24-28,30-31,38,45,48,63H,4-6,9,12-14,21-23,29,32-37,39-44,46-47,49-62H2,1-3H3/b10-7-,11-8-,18-15-,19-16-,20-17-,27-24-,28-25-,31-30-,38-26-,48-45-. The van der Waals surface area contributed by atoms with Gasteiger partial charge in [-0.3, -0.25) is 14.4 Å². The van der Waals surface area contributed by atoms with Crippen LogP contribution >= 0.6 is 0 Å². The zero-order valence-electron chi connectivity index (χ0n) is 46.7. The van der Waals surface area contributed by atoms with Gasteiger partial charge in [0, 0.05) is 19.3 Å². The summed E-state index contributed by atoms with van der Waals surface area (Å²) < 4.78 is 16.8. The molecule has 0 saturated heterocycles. The van der Waals surface area contributed by atoms with Gasteiger partial charge < -0.3 is 14.2 Å². The number of hydrogen-bond donors (Lipinski definition) is 0. The summed E-state index contributed by atoms with van der Waals surface area (Å²) in [7, 11) is 0. The van der Waals surface area contributed by atoms with Crippen LogP contribution in [0.5, 0.6) is 0 Å². The van der Waals surface area contributed by atoms with Gasteiger partial charge in [-0.2, -0.15) is 0 Å². The van der Waals surface area contributed by atoms with Crippen LogP contribution in [-0.2, 0) is 28.6 Å². The van der Waals surface area contributed by atoms with E-state index < -0.39 is 6.10 Å². The third-order valence-corrected chi connectivity index (χ3v) is 12.2. The van der Waals surface area contributed by atoms with E-state index in [4.69, 9.17) is 14.2 Å². The van der Waals surface area contributed by atoms with E-state index in [1.165, 1.54) is 83.5 Å². The van der Waals surface area contributed by atoms with Gasteiger partial charge in [-0.1, -0.05) is 239 Å². The fourth-order valence-electron chi connectivity index (χ4n) is 7.79. The molecule has 6 nitrogen and oxygen atoms in total. The molecule has 0 N–H and O–H groups in total. The molecule has 1 unspecified atom stereocenters. The van der Waals surface area contributed by atoms with Gasteiger partial charge in [0.15, 0.2) is 6.10 Å². The van der Waals surface area contributed by atoms with Crippen molar-refractivity contribution in [3.63, 3.8) is 0 Å². The first-order chi connectivity index (χ1) is 35.5. The highest BCUT2D eigenvalue weighted by molar-refractivity contribution is 5.71. The molecule has 0 saturated carbocycles. The summed E-state index contributed by atoms with van der Waals surface area (Å²) in [5.41, 5.74) is 0. The molecule has 72 heavy (non-hydrogen) atoms. The van der Waals surface area contributed by atoms with Crippen molar-refractivity contribution >= 4 is 17.9 Å². The number of hydrogen-bond acceptors (Lipinski definition) is 6. The van der Waals surface area contributed by atoms with Gasteiger partial charge >= 0.3 is 17.9 Å². The van der Waals surface area contributed by atoms with Crippen LogP contribution in [0, 0.1) is 0 Å². The van der Waals surface area contributed by atoms with Crippen molar-refractivity contribution in [2.45, 2.75) is 264 Å². The third kappa shape index (κ3) is 56.7. The Balaban J connectivity index is 4.37. The molecule has 1 atom stereocenters. The first-order valence-electron chi connectivity index (χ1n) is 29.5. The predicted octanol–water partition coefficient (Wildman–Crippen LogP) is 20.0. The lowest BCUT2D eigenvalue weighted by molar-refractivity contribution is -0.167. The zero-order chi connectivity index (χ0) is 52.2. The number of allylic oxidation sites excluding steroid dienone is 20. The fraction of sp³-hybridized carbons (Fsp3) is 0.652. The molecule has 0 amide bonds. The Morgan fingerprint density at radius 2 is 0.542 bits per heavy atom. The lowest BCUT2D eigenvalue weighted by Crippen LogP contribution is -2.30. The summed E-state index contributed by atoms with van der Waals surface area (Å²) in [4.78, 5) is 38.2. The molecule has 408 valence electrons. The summed E-state index contributed by atoms with van der Waals surface area (Å²) in [6.45, 7) is 6.32. The van der Waals surface area contributed by atoms with Crippen LogP contribution in [0.3, 0.4) is 0 Å². The molecule has 0 radical (unpaired) electrons. The maximum Gasteiger partial charge on any atom is 0.306 e. The van der Waals surface area contributed by atoms with Crippen LogP contribution in [-0.4, -0.2) is 37.2 Å². The lowest BCUT2D eigenvalue weighted by Gasteiger charge is -2.18. The van der Waals surface area contributed by atoms with Gasteiger partial charge in [0.2, 0.25) is 0 Å². The minimum Gasteiger partial charge on any atom is -0.462 e. The number of unbranched alkanes of at least 4 members (excludes halogenated alkanes) is 21. The zero-order valence-corrected chi connectivity index (χ0v) is 46.7. The van der Waals surface area contributed by atoms with Crippen LogP contribution in [0.25, 0.3) is 0 Å². The molecule has 0 aliphatic carbocycles. The van der Waals surface area contributed by atoms with Crippen LogP contribution in [0.15, 0.2) is 122 Å². The van der Waals surface area contributed by atoms with Gasteiger partial charge in [-0.15, -0.1) is 0 Å². The quantitative estimate of drug-likeness (QED) is 0.0261. The van der Waals surface area contributed by atoms with Crippen molar-refractivity contribution in [2.75, 3.05) is 13.2 Å². The smallest absolute Gasteiger partial charge is 0.306 e. The molecule has 0 aromatic rings. The van der Waals surface area contributed by atoms with Crippen LogP contribution in [0.1, 0.15) is 258 Å². The minimum atomic E-state index is -0.810. The summed E-state index contributed by atoms with van der Waals surface area (Å²) in [6.07, 6.45) is 82.0. The SMILES string of the molecule is CC/C=C\C/C=C\C/C=C\C/C=C\CCCCCCCCCCCCCCC(=O)OCC(COC(=O)CCCCCCC/C=C\C/C=C\CCCC)OC(=O)CCCC/C=C\C/C=C\C/C=C\C/C=C\CC. The molecule has 0 aliphatic heterocycles. The highest BCUT2D eigenvalue weighted by atomic mass is 16.6. The number of esters is 3. The van der Waals surface area contributed by atoms with Crippen LogP contribution < -0.4 is 0 Å². The van der Waals surface area contributed by atoms with Crippen molar-refractivity contribution in [1.82, 2.24) is 0 Å². The van der Waals surface area contributed by atoms with Crippen molar-refractivity contribution in [3.8, 4) is 0 Å². The van der Waals surface area contributed by atoms with E-state index in [0.717, 1.165) is 128 Å². The third-order valence-electron chi connectivity index (χ3n) is 12.2. The first-order valence-corrected chi connectivity index (χ1v) is 29.5. The summed E-state index contributed by atoms with van der Waals surface area (Å²) in [6, 6.07) is 0. The second kappa shape index (κ2) is 59.4. The molecular weight excluding hydrogens is 889 g/mol. The van der Waals surface area contributed by atoms with E-state index in [0.29, 0.717) is 19.3 Å². The van der Waals surface area contributed by atoms with E-state index in [1.807, 2.05) is 0 Å². The maximum atomic E-state index is 12.8. The summed E-state index contributed by atoms with van der Waals surface area (Å²) >= 11 is 0. The Kier molecular flexibility index (Phi) is 55.9. The van der Waals surface area contributed by atoms with Gasteiger partial charge in [-0.05, 0) is 122 Å². The Morgan fingerprint density at radius 3 is 0.875 bits per heavy atom.